The van der Waals surface area contributed by atoms with E-state index in [0.717, 1.165) is 37.6 Å². The third-order valence-electron chi connectivity index (χ3n) is 5.21. The highest BCUT2D eigenvalue weighted by Gasteiger charge is 2.13. The summed E-state index contributed by atoms with van der Waals surface area (Å²) >= 11 is 0. The van der Waals surface area contributed by atoms with Gasteiger partial charge < -0.3 is 25.1 Å². The molecule has 1 saturated carbocycles. The minimum atomic E-state index is -0.267. The van der Waals surface area contributed by atoms with Gasteiger partial charge in [-0.3, -0.25) is 4.79 Å². The van der Waals surface area contributed by atoms with Gasteiger partial charge in [-0.15, -0.1) is 24.0 Å². The third-order valence-corrected chi connectivity index (χ3v) is 5.21. The smallest absolute Gasteiger partial charge is 0.291 e. The molecule has 3 rings (SSSR count). The van der Waals surface area contributed by atoms with E-state index in [1.54, 1.807) is 12.1 Å². The first-order valence-electron chi connectivity index (χ1n) is 11.3. The number of nitrogens with zero attached hydrogens (tertiary/aromatic N) is 1. The number of ether oxygens (including phenoxy) is 1. The average molecular weight is 554 g/mol. The van der Waals surface area contributed by atoms with Crippen LogP contribution in [0.15, 0.2) is 52.1 Å². The monoisotopic (exact) mass is 554 g/mol. The molecule has 0 atom stereocenters. The Morgan fingerprint density at radius 1 is 1.16 bits per heavy atom. The van der Waals surface area contributed by atoms with Gasteiger partial charge in [0.1, 0.15) is 0 Å². The van der Waals surface area contributed by atoms with Gasteiger partial charge in [0.15, 0.2) is 11.7 Å². The lowest BCUT2D eigenvalue weighted by atomic mass is 9.98. The van der Waals surface area contributed by atoms with Crippen molar-refractivity contribution < 1.29 is 13.9 Å². The van der Waals surface area contributed by atoms with Crippen molar-refractivity contribution in [1.29, 1.82) is 0 Å². The first-order valence-corrected chi connectivity index (χ1v) is 11.3. The third kappa shape index (κ3) is 9.20. The largest absolute Gasteiger partial charge is 0.459 e. The van der Waals surface area contributed by atoms with E-state index >= 15 is 0 Å². The Bertz CT molecular complexity index is 820. The van der Waals surface area contributed by atoms with Crippen LogP contribution < -0.4 is 16.0 Å². The predicted molar refractivity (Wildman–Crippen MR) is 139 cm³/mol. The molecule has 1 aliphatic carbocycles. The zero-order valence-corrected chi connectivity index (χ0v) is 21.1. The van der Waals surface area contributed by atoms with Crippen LogP contribution >= 0.6 is 24.0 Å². The van der Waals surface area contributed by atoms with Crippen molar-refractivity contribution in [2.75, 3.05) is 25.0 Å². The molecule has 1 aromatic heterocycles. The number of hydrogen-bond acceptors (Lipinski definition) is 4. The van der Waals surface area contributed by atoms with Crippen molar-refractivity contribution >= 4 is 41.5 Å². The van der Waals surface area contributed by atoms with Crippen molar-refractivity contribution in [3.8, 4) is 0 Å². The number of hydrogen-bond donors (Lipinski definition) is 3. The zero-order chi connectivity index (χ0) is 21.7. The number of anilines is 1. The first kappa shape index (κ1) is 26.2. The van der Waals surface area contributed by atoms with Gasteiger partial charge >= 0.3 is 0 Å². The van der Waals surface area contributed by atoms with Crippen LogP contribution in [0.2, 0.25) is 0 Å². The van der Waals surface area contributed by atoms with Crippen LogP contribution in [-0.2, 0) is 11.3 Å². The van der Waals surface area contributed by atoms with Gasteiger partial charge in [0, 0.05) is 25.4 Å². The van der Waals surface area contributed by atoms with Crippen LogP contribution in [-0.4, -0.2) is 37.7 Å². The van der Waals surface area contributed by atoms with Crippen LogP contribution in [0, 0.1) is 0 Å². The Morgan fingerprint density at radius 3 is 2.75 bits per heavy atom. The number of halogens is 1. The first-order chi connectivity index (χ1) is 15.2. The molecule has 0 bridgehead atoms. The van der Waals surface area contributed by atoms with E-state index in [-0.39, 0.29) is 35.6 Å². The summed E-state index contributed by atoms with van der Waals surface area (Å²) in [5.41, 5.74) is 1.72. The molecule has 0 spiro atoms. The molecule has 2 aromatic rings. The molecule has 1 fully saturated rings. The number of furan rings is 1. The number of aliphatic imine (C=N–C) groups is 1. The second-order valence-corrected chi connectivity index (χ2v) is 7.74. The molecule has 32 heavy (non-hydrogen) atoms. The number of nitrogens with one attached hydrogen (secondary N) is 3. The van der Waals surface area contributed by atoms with Gasteiger partial charge in [-0.25, -0.2) is 4.99 Å². The second-order valence-electron chi connectivity index (χ2n) is 7.74. The molecule has 0 unspecified atom stereocenters. The summed E-state index contributed by atoms with van der Waals surface area (Å²) in [6.07, 6.45) is 9.26. The summed E-state index contributed by atoms with van der Waals surface area (Å²) in [6.45, 7) is 4.96. The minimum absolute atomic E-state index is 0. The average Bonchev–Trinajstić information content (AvgIpc) is 3.33. The van der Waals surface area contributed by atoms with Crippen LogP contribution in [0.5, 0.6) is 0 Å². The molecule has 3 N–H and O–H groups in total. The predicted octanol–water partition coefficient (Wildman–Crippen LogP) is 4.94. The van der Waals surface area contributed by atoms with E-state index in [1.807, 2.05) is 31.2 Å². The summed E-state index contributed by atoms with van der Waals surface area (Å²) in [5.74, 6) is 0.802. The molecule has 1 amide bonds. The molecule has 0 radical (unpaired) electrons. The van der Waals surface area contributed by atoms with E-state index < -0.39 is 0 Å². The number of carbonyl (C=O) groups excluding carboxylic acids is 1. The fourth-order valence-electron chi connectivity index (χ4n) is 3.62. The number of rotatable bonds is 10. The van der Waals surface area contributed by atoms with Gasteiger partial charge in [-0.2, -0.15) is 0 Å². The number of benzene rings is 1. The Morgan fingerprint density at radius 2 is 2.00 bits per heavy atom. The topological polar surface area (TPSA) is 87.9 Å². The summed E-state index contributed by atoms with van der Waals surface area (Å²) < 4.78 is 11.1. The molecular weight excluding hydrogens is 519 g/mol. The van der Waals surface area contributed by atoms with E-state index in [9.17, 15) is 4.79 Å². The van der Waals surface area contributed by atoms with E-state index in [2.05, 4.69) is 20.9 Å². The lowest BCUT2D eigenvalue weighted by Gasteiger charge is -2.22. The van der Waals surface area contributed by atoms with Gasteiger partial charge in [-0.1, -0.05) is 31.4 Å². The van der Waals surface area contributed by atoms with Gasteiger partial charge in [0.2, 0.25) is 0 Å². The lowest BCUT2D eigenvalue weighted by Crippen LogP contribution is -2.38. The molecule has 1 heterocycles. The van der Waals surface area contributed by atoms with Crippen LogP contribution in [0.3, 0.4) is 0 Å². The number of guanidine groups is 1. The Hall–Kier alpha value is -2.07. The van der Waals surface area contributed by atoms with Crippen LogP contribution in [0.4, 0.5) is 5.69 Å². The summed E-state index contributed by atoms with van der Waals surface area (Å²) in [6, 6.07) is 11.0. The molecule has 7 nitrogen and oxygen atoms in total. The molecule has 8 heteroatoms. The quantitative estimate of drug-likeness (QED) is 0.168. The van der Waals surface area contributed by atoms with Crippen molar-refractivity contribution in [2.45, 2.75) is 58.1 Å². The second kappa shape index (κ2) is 14.9. The van der Waals surface area contributed by atoms with Crippen molar-refractivity contribution in [1.82, 2.24) is 10.6 Å². The van der Waals surface area contributed by atoms with E-state index in [1.165, 1.54) is 38.4 Å². The van der Waals surface area contributed by atoms with E-state index in [0.29, 0.717) is 18.3 Å². The molecule has 0 aliphatic heterocycles. The molecule has 1 aromatic carbocycles. The minimum Gasteiger partial charge on any atom is -0.459 e. The highest BCUT2D eigenvalue weighted by Crippen LogP contribution is 2.20. The zero-order valence-electron chi connectivity index (χ0n) is 18.8. The maximum Gasteiger partial charge on any atom is 0.291 e. The Labute approximate surface area is 207 Å². The maximum absolute atomic E-state index is 12.1. The van der Waals surface area contributed by atoms with Crippen molar-refractivity contribution in [2.24, 2.45) is 4.99 Å². The summed E-state index contributed by atoms with van der Waals surface area (Å²) in [4.78, 5) is 16.8. The van der Waals surface area contributed by atoms with Gasteiger partial charge in [0.25, 0.3) is 5.91 Å². The van der Waals surface area contributed by atoms with Gasteiger partial charge in [-0.05, 0) is 56.0 Å². The molecular formula is C24H35IN4O3. The highest BCUT2D eigenvalue weighted by molar-refractivity contribution is 14.0. The molecule has 0 saturated heterocycles. The Kier molecular flexibility index (Phi) is 12.2. The molecule has 176 valence electrons. The number of carbonyl (C=O) groups is 1. The van der Waals surface area contributed by atoms with Crippen molar-refractivity contribution in [3.63, 3.8) is 0 Å². The lowest BCUT2D eigenvalue weighted by molar-refractivity contribution is 0.0277. The van der Waals surface area contributed by atoms with Gasteiger partial charge in [0.05, 0.1) is 18.9 Å². The highest BCUT2D eigenvalue weighted by atomic mass is 127. The normalized spacial score (nSPS) is 14.5. The SMILES string of the molecule is CCNC(=NCc1cccc(NC(=O)c2ccco2)c1)NCCCOC1CCCCC1.I. The summed E-state index contributed by atoms with van der Waals surface area (Å²) in [7, 11) is 0. The fraction of sp³-hybridized carbons (Fsp3) is 0.500. The summed E-state index contributed by atoms with van der Waals surface area (Å²) in [5, 5.41) is 9.49. The van der Waals surface area contributed by atoms with Crippen LogP contribution in [0.25, 0.3) is 0 Å². The fourth-order valence-corrected chi connectivity index (χ4v) is 3.62. The Balaban J connectivity index is 0.00000363. The van der Waals surface area contributed by atoms with E-state index in [4.69, 9.17) is 9.15 Å². The molecule has 1 aliphatic rings. The maximum atomic E-state index is 12.1. The van der Waals surface area contributed by atoms with Crippen LogP contribution in [0.1, 0.15) is 61.6 Å². The standard InChI is InChI=1S/C24H34N4O3.HI/c1-2-25-24(26-14-8-16-30-21-11-4-3-5-12-21)27-18-19-9-6-10-20(17-19)28-23(29)22-13-7-15-31-22;/h6-7,9-10,13,15,17,21H,2-5,8,11-12,14,16,18H2,1H3,(H,28,29)(H2,25,26,27);1H. The number of amides is 1. The van der Waals surface area contributed by atoms with Crippen molar-refractivity contribution in [3.05, 3.63) is 54.0 Å².